The van der Waals surface area contributed by atoms with Crippen LogP contribution in [0.4, 0.5) is 5.69 Å². The number of hydrogen-bond donors (Lipinski definition) is 0. The van der Waals surface area contributed by atoms with E-state index >= 15 is 0 Å². The van der Waals surface area contributed by atoms with E-state index in [1.54, 1.807) is 11.3 Å². The van der Waals surface area contributed by atoms with Gasteiger partial charge in [-0.25, -0.2) is 0 Å². The monoisotopic (exact) mass is 1020 g/mol. The number of benzene rings is 1. The number of aromatic nitrogens is 6. The molecule has 0 radical (unpaired) electrons. The molecule has 7 nitrogen and oxygen atoms in total. The summed E-state index contributed by atoms with van der Waals surface area (Å²) < 4.78 is 0. The Morgan fingerprint density at radius 3 is 1.24 bits per heavy atom. The number of aryl methyl sites for hydroxylation is 4. The van der Waals surface area contributed by atoms with Gasteiger partial charge in [0, 0.05) is 108 Å². The van der Waals surface area contributed by atoms with Crippen molar-refractivity contribution in [3.05, 3.63) is 197 Å². The van der Waals surface area contributed by atoms with Gasteiger partial charge in [-0.2, -0.15) is 0 Å². The van der Waals surface area contributed by atoms with Gasteiger partial charge in [-0.3, -0.25) is 34.9 Å². The Morgan fingerprint density at radius 1 is 0.394 bits per heavy atom. The Morgan fingerprint density at radius 2 is 0.803 bits per heavy atom. The van der Waals surface area contributed by atoms with Crippen LogP contribution in [0, 0.1) is 27.7 Å². The molecule has 1 aliphatic heterocycles. The number of rotatable bonds is 6. The first-order valence-corrected chi connectivity index (χ1v) is 24.4. The molecule has 12 rings (SSSR count). The molecule has 0 N–H and O–H groups in total. The van der Waals surface area contributed by atoms with Gasteiger partial charge >= 0.3 is 0 Å². The second-order valence-corrected chi connectivity index (χ2v) is 19.9. The van der Waals surface area contributed by atoms with Crippen LogP contribution in [0.3, 0.4) is 0 Å². The third-order valence-corrected chi connectivity index (χ3v) is 15.6. The van der Waals surface area contributed by atoms with Crippen LogP contribution in [0.2, 0.25) is 0 Å². The van der Waals surface area contributed by atoms with Crippen LogP contribution in [0.5, 0.6) is 0 Å². The van der Waals surface area contributed by atoms with E-state index in [4.69, 9.17) is 4.99 Å². The SMILES string of the molecule is Cc1ccnc(-c2cc(C)ccn2)c1.Cc1ccnc(-c2cc(C)ccn2)c1.[Ru].c1csc(-c2ccc(-c3ccc(-c4ccc(C5=Nc6c(c7cccnc7c7ncccc67)C5)s4)s3)s2)c1. The topological polar surface area (TPSA) is 89.7 Å². The molecule has 0 atom stereocenters. The molecular formula is C54H41N7RuS4. The third-order valence-electron chi connectivity index (χ3n) is 10.8. The van der Waals surface area contributed by atoms with Crippen molar-refractivity contribution in [1.29, 1.82) is 0 Å². The Kier molecular flexibility index (Phi) is 13.7. The summed E-state index contributed by atoms with van der Waals surface area (Å²) in [6.07, 6.45) is 11.8. The smallest absolute Gasteiger partial charge is 0.0986 e. The van der Waals surface area contributed by atoms with E-state index in [0.717, 1.165) is 62.4 Å². The van der Waals surface area contributed by atoms with Gasteiger partial charge in [0.25, 0.3) is 0 Å². The van der Waals surface area contributed by atoms with Crippen LogP contribution in [-0.2, 0) is 25.9 Å². The van der Waals surface area contributed by atoms with Crippen molar-refractivity contribution in [2.75, 3.05) is 0 Å². The Bertz CT molecular complexity index is 3320. The molecule has 0 bridgehead atoms. The van der Waals surface area contributed by atoms with Crippen molar-refractivity contribution < 1.29 is 19.5 Å². The molecule has 0 aliphatic carbocycles. The first-order chi connectivity index (χ1) is 31.8. The maximum atomic E-state index is 5.15. The summed E-state index contributed by atoms with van der Waals surface area (Å²) in [6.45, 7) is 8.23. The standard InChI is InChI=1S/C30H17N3S4.2C12H12N2.Ru/c1-4-17-19-16-20(33-28(19)18-5-2-14-32-30(18)29(17)31-13-1)21-7-8-24(35-21)25-11-12-27(37-25)26-10-9-23(36-26)22-6-3-15-34-22;2*1-9-3-5-13-11(7-9)12-8-10(2)4-6-14-12;/h1-15H,16H2;2*3-8H,1-2H3;. The Balaban J connectivity index is 0.000000155. The zero-order valence-corrected chi connectivity index (χ0v) is 41.4. The maximum Gasteiger partial charge on any atom is 0.0986 e. The summed E-state index contributed by atoms with van der Waals surface area (Å²) in [5.74, 6) is 0. The van der Waals surface area contributed by atoms with Crippen molar-refractivity contribution in [3.8, 4) is 52.0 Å². The second kappa shape index (κ2) is 20.1. The first-order valence-electron chi connectivity index (χ1n) is 21.1. The molecule has 1 aliphatic rings. The number of pyridine rings is 6. The third kappa shape index (κ3) is 9.80. The van der Waals surface area contributed by atoms with Crippen molar-refractivity contribution in [2.45, 2.75) is 34.1 Å². The summed E-state index contributed by atoms with van der Waals surface area (Å²) in [5, 5.41) is 4.37. The minimum Gasteiger partial charge on any atom is -0.255 e. The van der Waals surface area contributed by atoms with E-state index in [1.165, 1.54) is 62.0 Å². The van der Waals surface area contributed by atoms with E-state index in [1.807, 2.05) is 132 Å². The summed E-state index contributed by atoms with van der Waals surface area (Å²) in [7, 11) is 0. The number of aliphatic imine (C=N–C) groups is 1. The van der Waals surface area contributed by atoms with Crippen LogP contribution in [-0.4, -0.2) is 35.6 Å². The van der Waals surface area contributed by atoms with E-state index in [2.05, 4.69) is 124 Å². The molecule has 324 valence electrons. The maximum absolute atomic E-state index is 5.15. The minimum atomic E-state index is 0. The normalized spacial score (nSPS) is 11.5. The number of fused-ring (bicyclic) bond motifs is 6. The molecule has 12 heteroatoms. The molecule has 0 amide bonds. The van der Waals surface area contributed by atoms with Gasteiger partial charge in [-0.15, -0.1) is 45.3 Å². The van der Waals surface area contributed by atoms with Crippen molar-refractivity contribution in [1.82, 2.24) is 29.9 Å². The van der Waals surface area contributed by atoms with Crippen LogP contribution >= 0.6 is 45.3 Å². The molecule has 66 heavy (non-hydrogen) atoms. The fourth-order valence-corrected chi connectivity index (χ4v) is 11.7. The van der Waals surface area contributed by atoms with Crippen LogP contribution in [0.25, 0.3) is 73.8 Å². The van der Waals surface area contributed by atoms with E-state index in [-0.39, 0.29) is 19.5 Å². The molecule has 0 saturated carbocycles. The van der Waals surface area contributed by atoms with Crippen LogP contribution < -0.4 is 0 Å². The quantitative estimate of drug-likeness (QED) is 0.122. The summed E-state index contributed by atoms with van der Waals surface area (Å²) in [4.78, 5) is 40.8. The average Bonchev–Trinajstić information content (AvgIpc) is 4.19. The second-order valence-electron chi connectivity index (χ2n) is 15.7. The van der Waals surface area contributed by atoms with Gasteiger partial charge in [-0.1, -0.05) is 12.1 Å². The first kappa shape index (κ1) is 44.9. The van der Waals surface area contributed by atoms with Gasteiger partial charge < -0.3 is 0 Å². The molecule has 10 aromatic heterocycles. The number of thiophene rings is 4. The average molecular weight is 1020 g/mol. The van der Waals surface area contributed by atoms with Crippen LogP contribution in [0.1, 0.15) is 32.7 Å². The van der Waals surface area contributed by atoms with Gasteiger partial charge in [0.05, 0.1) is 45.2 Å². The van der Waals surface area contributed by atoms with Gasteiger partial charge in [0.1, 0.15) is 0 Å². The molecular weight excluding hydrogens is 976 g/mol. The predicted molar refractivity (Wildman–Crippen MR) is 275 cm³/mol. The Hall–Kier alpha value is -6.27. The van der Waals surface area contributed by atoms with E-state index < -0.39 is 0 Å². The molecule has 0 spiro atoms. The molecule has 0 saturated heterocycles. The Labute approximate surface area is 412 Å². The van der Waals surface area contributed by atoms with Gasteiger partial charge in [-0.05, 0) is 170 Å². The number of nitrogens with zero attached hydrogens (tertiary/aromatic N) is 7. The predicted octanol–water partition coefficient (Wildman–Crippen LogP) is 15.2. The van der Waals surface area contributed by atoms with E-state index in [9.17, 15) is 0 Å². The zero-order valence-electron chi connectivity index (χ0n) is 36.4. The zero-order chi connectivity index (χ0) is 44.3. The van der Waals surface area contributed by atoms with Crippen molar-refractivity contribution in [3.63, 3.8) is 0 Å². The van der Waals surface area contributed by atoms with Crippen LogP contribution in [0.15, 0.2) is 169 Å². The molecule has 0 unspecified atom stereocenters. The van der Waals surface area contributed by atoms with Crippen molar-refractivity contribution in [2.24, 2.45) is 4.99 Å². The molecule has 11 heterocycles. The van der Waals surface area contributed by atoms with E-state index in [0.29, 0.717) is 0 Å². The van der Waals surface area contributed by atoms with Gasteiger partial charge in [0.2, 0.25) is 0 Å². The number of hydrogen-bond acceptors (Lipinski definition) is 11. The van der Waals surface area contributed by atoms with Gasteiger partial charge in [0.15, 0.2) is 0 Å². The fraction of sp³-hybridized carbons (Fsp3) is 0.0926. The summed E-state index contributed by atoms with van der Waals surface area (Å²) >= 11 is 7.36. The minimum absolute atomic E-state index is 0. The largest absolute Gasteiger partial charge is 0.255 e. The molecule has 11 aromatic rings. The molecule has 1 aromatic carbocycles. The molecule has 0 fully saturated rings. The summed E-state index contributed by atoms with van der Waals surface area (Å²) in [5.41, 5.74) is 13.9. The fourth-order valence-electron chi connectivity index (χ4n) is 7.66. The summed E-state index contributed by atoms with van der Waals surface area (Å²) in [6, 6.07) is 42.1. The van der Waals surface area contributed by atoms with Crippen molar-refractivity contribution >= 4 is 78.6 Å².